The molecule has 1 N–H and O–H groups in total. The van der Waals surface area contributed by atoms with Crippen molar-refractivity contribution in [3.05, 3.63) is 57.6 Å². The van der Waals surface area contributed by atoms with Gasteiger partial charge in [-0.3, -0.25) is 9.59 Å². The van der Waals surface area contributed by atoms with Crippen molar-refractivity contribution >= 4 is 39.1 Å². The molecule has 0 aromatic heterocycles. The van der Waals surface area contributed by atoms with Gasteiger partial charge in [0.2, 0.25) is 5.91 Å². The van der Waals surface area contributed by atoms with E-state index in [-0.39, 0.29) is 11.5 Å². The quantitative estimate of drug-likeness (QED) is 0.839. The molecule has 0 saturated carbocycles. The third-order valence-electron chi connectivity index (χ3n) is 3.75. The summed E-state index contributed by atoms with van der Waals surface area (Å²) in [6.45, 7) is 1.72. The molecule has 2 amide bonds. The summed E-state index contributed by atoms with van der Waals surface area (Å²) in [7, 11) is 0. The van der Waals surface area contributed by atoms with Gasteiger partial charge >= 0.3 is 0 Å². The standard InChI is InChI=1S/C17H13BrF2N2O2/c1-9(23)21-15-7-11(18)6-10-4-5-22(16(10)15)17(24)13-3-2-12(19)8-14(13)20/h2-3,6-8H,4-5H2,1H3,(H,21,23). The Morgan fingerprint density at radius 2 is 1.96 bits per heavy atom. The summed E-state index contributed by atoms with van der Waals surface area (Å²) in [6, 6.07) is 6.40. The van der Waals surface area contributed by atoms with Gasteiger partial charge in [0.25, 0.3) is 5.91 Å². The maximum absolute atomic E-state index is 13.9. The first-order valence-corrected chi connectivity index (χ1v) is 8.03. The van der Waals surface area contributed by atoms with E-state index in [1.54, 1.807) is 6.07 Å². The number of rotatable bonds is 2. The normalized spacial score (nSPS) is 12.9. The summed E-state index contributed by atoms with van der Waals surface area (Å²) in [6.07, 6.45) is 0.579. The maximum atomic E-state index is 13.9. The molecule has 0 saturated heterocycles. The van der Waals surface area contributed by atoms with Crippen molar-refractivity contribution in [2.75, 3.05) is 16.8 Å². The molecule has 7 heteroatoms. The fraction of sp³-hybridized carbons (Fsp3) is 0.176. The van der Waals surface area contributed by atoms with Crippen molar-refractivity contribution in [2.24, 2.45) is 0 Å². The number of carbonyl (C=O) groups is 2. The number of amides is 2. The second-order valence-electron chi connectivity index (χ2n) is 5.47. The number of nitrogens with zero attached hydrogens (tertiary/aromatic N) is 1. The van der Waals surface area contributed by atoms with Gasteiger partial charge in [0.15, 0.2) is 0 Å². The molecule has 0 bridgehead atoms. The van der Waals surface area contributed by atoms with Crippen molar-refractivity contribution in [3.8, 4) is 0 Å². The highest BCUT2D eigenvalue weighted by molar-refractivity contribution is 9.10. The predicted octanol–water partition coefficient (Wildman–Crippen LogP) is 3.89. The number of nitrogens with one attached hydrogen (secondary N) is 1. The minimum Gasteiger partial charge on any atom is -0.324 e. The Hall–Kier alpha value is -2.28. The lowest BCUT2D eigenvalue weighted by Gasteiger charge is -2.21. The number of anilines is 2. The number of carbonyl (C=O) groups excluding carboxylic acids is 2. The van der Waals surface area contributed by atoms with E-state index in [0.717, 1.165) is 22.2 Å². The van der Waals surface area contributed by atoms with Crippen LogP contribution in [0.3, 0.4) is 0 Å². The van der Waals surface area contributed by atoms with Crippen LogP contribution < -0.4 is 10.2 Å². The lowest BCUT2D eigenvalue weighted by molar-refractivity contribution is -0.114. The van der Waals surface area contributed by atoms with E-state index in [4.69, 9.17) is 0 Å². The van der Waals surface area contributed by atoms with E-state index in [0.29, 0.717) is 30.4 Å². The van der Waals surface area contributed by atoms with Crippen LogP contribution in [0.2, 0.25) is 0 Å². The molecular weight excluding hydrogens is 382 g/mol. The second-order valence-corrected chi connectivity index (χ2v) is 6.39. The highest BCUT2D eigenvalue weighted by atomic mass is 79.9. The van der Waals surface area contributed by atoms with Gasteiger partial charge in [0.05, 0.1) is 16.9 Å². The fourth-order valence-electron chi connectivity index (χ4n) is 2.81. The van der Waals surface area contributed by atoms with Crippen LogP contribution in [0.4, 0.5) is 20.2 Å². The molecule has 0 fully saturated rings. The molecular formula is C17H13BrF2N2O2. The molecule has 1 aliphatic heterocycles. The van der Waals surface area contributed by atoms with E-state index in [1.165, 1.54) is 11.8 Å². The van der Waals surface area contributed by atoms with Gasteiger partial charge in [-0.2, -0.15) is 0 Å². The summed E-state index contributed by atoms with van der Waals surface area (Å²) in [5.41, 5.74) is 1.67. The summed E-state index contributed by atoms with van der Waals surface area (Å²) in [5.74, 6) is -2.50. The van der Waals surface area contributed by atoms with Crippen molar-refractivity contribution in [2.45, 2.75) is 13.3 Å². The lowest BCUT2D eigenvalue weighted by atomic mass is 10.1. The number of fused-ring (bicyclic) bond motifs is 1. The van der Waals surface area contributed by atoms with E-state index in [9.17, 15) is 18.4 Å². The number of halogens is 3. The maximum Gasteiger partial charge on any atom is 0.261 e. The second kappa shape index (κ2) is 6.32. The Kier molecular flexibility index (Phi) is 4.36. The lowest BCUT2D eigenvalue weighted by Crippen LogP contribution is -2.30. The van der Waals surface area contributed by atoms with Gasteiger partial charge in [-0.25, -0.2) is 8.78 Å². The molecule has 0 atom stereocenters. The van der Waals surface area contributed by atoms with Crippen LogP contribution in [0, 0.1) is 11.6 Å². The average molecular weight is 395 g/mol. The van der Waals surface area contributed by atoms with Gasteiger partial charge in [0, 0.05) is 24.0 Å². The summed E-state index contributed by atoms with van der Waals surface area (Å²) >= 11 is 3.37. The Morgan fingerprint density at radius 1 is 1.21 bits per heavy atom. The molecule has 0 spiro atoms. The third kappa shape index (κ3) is 3.03. The SMILES string of the molecule is CC(=O)Nc1cc(Br)cc2c1N(C(=O)c1ccc(F)cc1F)CC2. The van der Waals surface area contributed by atoms with Crippen molar-refractivity contribution < 1.29 is 18.4 Å². The van der Waals surface area contributed by atoms with Crippen LogP contribution in [0.15, 0.2) is 34.8 Å². The largest absolute Gasteiger partial charge is 0.324 e. The summed E-state index contributed by atoms with van der Waals surface area (Å²) < 4.78 is 27.8. The third-order valence-corrected chi connectivity index (χ3v) is 4.20. The highest BCUT2D eigenvalue weighted by Crippen LogP contribution is 2.39. The minimum atomic E-state index is -0.911. The van der Waals surface area contributed by atoms with Crippen LogP contribution in [0.5, 0.6) is 0 Å². The van der Waals surface area contributed by atoms with E-state index >= 15 is 0 Å². The molecule has 0 radical (unpaired) electrons. The number of benzene rings is 2. The molecule has 2 aromatic carbocycles. The van der Waals surface area contributed by atoms with Crippen LogP contribution in [0.25, 0.3) is 0 Å². The predicted molar refractivity (Wildman–Crippen MR) is 90.2 cm³/mol. The Labute approximate surface area is 145 Å². The van der Waals surface area contributed by atoms with Gasteiger partial charge in [-0.05, 0) is 36.2 Å². The Balaban J connectivity index is 2.05. The zero-order chi connectivity index (χ0) is 17.4. The van der Waals surface area contributed by atoms with Gasteiger partial charge < -0.3 is 10.2 Å². The van der Waals surface area contributed by atoms with Crippen molar-refractivity contribution in [3.63, 3.8) is 0 Å². The first kappa shape index (κ1) is 16.6. The molecule has 0 unspecified atom stereocenters. The molecule has 2 aromatic rings. The summed E-state index contributed by atoms with van der Waals surface area (Å²) in [4.78, 5) is 25.5. The monoisotopic (exact) mass is 394 g/mol. The minimum absolute atomic E-state index is 0.207. The van der Waals surface area contributed by atoms with E-state index in [1.807, 2.05) is 6.07 Å². The smallest absolute Gasteiger partial charge is 0.261 e. The topological polar surface area (TPSA) is 49.4 Å². The molecule has 1 aliphatic rings. The zero-order valence-electron chi connectivity index (χ0n) is 12.7. The molecule has 3 rings (SSSR count). The van der Waals surface area contributed by atoms with Gasteiger partial charge in [-0.1, -0.05) is 15.9 Å². The molecule has 4 nitrogen and oxygen atoms in total. The van der Waals surface area contributed by atoms with E-state index in [2.05, 4.69) is 21.2 Å². The van der Waals surface area contributed by atoms with Crippen molar-refractivity contribution in [1.29, 1.82) is 0 Å². The molecule has 1 heterocycles. The molecule has 24 heavy (non-hydrogen) atoms. The fourth-order valence-corrected chi connectivity index (χ4v) is 3.31. The van der Waals surface area contributed by atoms with Crippen LogP contribution in [0.1, 0.15) is 22.8 Å². The first-order valence-electron chi connectivity index (χ1n) is 7.23. The van der Waals surface area contributed by atoms with Crippen LogP contribution >= 0.6 is 15.9 Å². The van der Waals surface area contributed by atoms with Gasteiger partial charge in [0.1, 0.15) is 11.6 Å². The zero-order valence-corrected chi connectivity index (χ0v) is 14.3. The Bertz CT molecular complexity index is 855. The number of hydrogen-bond donors (Lipinski definition) is 1. The van der Waals surface area contributed by atoms with Gasteiger partial charge in [-0.15, -0.1) is 0 Å². The van der Waals surface area contributed by atoms with E-state index < -0.39 is 17.5 Å². The molecule has 124 valence electrons. The van der Waals surface area contributed by atoms with Crippen LogP contribution in [-0.4, -0.2) is 18.4 Å². The first-order chi connectivity index (χ1) is 11.4. The Morgan fingerprint density at radius 3 is 2.62 bits per heavy atom. The molecule has 0 aliphatic carbocycles. The average Bonchev–Trinajstić information content (AvgIpc) is 2.89. The van der Waals surface area contributed by atoms with Crippen molar-refractivity contribution in [1.82, 2.24) is 0 Å². The van der Waals surface area contributed by atoms with Crippen LogP contribution in [-0.2, 0) is 11.2 Å². The summed E-state index contributed by atoms with van der Waals surface area (Å²) in [5, 5.41) is 2.69. The highest BCUT2D eigenvalue weighted by Gasteiger charge is 2.30. The number of hydrogen-bond acceptors (Lipinski definition) is 2.